The first-order valence-electron chi connectivity index (χ1n) is 12.5. The summed E-state index contributed by atoms with van der Waals surface area (Å²) in [6.45, 7) is 10.7. The van der Waals surface area contributed by atoms with Crippen molar-refractivity contribution in [1.29, 1.82) is 10.5 Å². The molecule has 0 saturated carbocycles. The van der Waals surface area contributed by atoms with Crippen LogP contribution in [0.15, 0.2) is 24.5 Å². The average Bonchev–Trinajstić information content (AvgIpc) is 3.24. The van der Waals surface area contributed by atoms with Gasteiger partial charge >= 0.3 is 17.9 Å². The number of carboxylic acid groups (broad SMARTS) is 1. The van der Waals surface area contributed by atoms with Crippen LogP contribution in [0.4, 0.5) is 0 Å². The highest BCUT2D eigenvalue weighted by Crippen LogP contribution is 2.20. The van der Waals surface area contributed by atoms with Crippen molar-refractivity contribution in [1.82, 2.24) is 15.3 Å². The second-order valence-corrected chi connectivity index (χ2v) is 10.7. The van der Waals surface area contributed by atoms with E-state index in [1.165, 1.54) is 24.5 Å². The van der Waals surface area contributed by atoms with E-state index in [4.69, 9.17) is 34.2 Å². The molecule has 2 atom stereocenters. The molecule has 0 aromatic carbocycles. The van der Waals surface area contributed by atoms with Gasteiger partial charge in [-0.2, -0.15) is 10.5 Å². The van der Waals surface area contributed by atoms with Gasteiger partial charge in [0.2, 0.25) is 0 Å². The number of carboxylic acids is 1. The number of fused-ring (bicyclic) bond motifs is 1. The van der Waals surface area contributed by atoms with Gasteiger partial charge in [-0.25, -0.2) is 24.4 Å². The number of amides is 1. The van der Waals surface area contributed by atoms with Gasteiger partial charge in [0.1, 0.15) is 16.8 Å². The van der Waals surface area contributed by atoms with E-state index >= 15 is 0 Å². The highest BCUT2D eigenvalue weighted by atomic mass is 35.5. The Labute approximate surface area is 253 Å². The van der Waals surface area contributed by atoms with Gasteiger partial charge in [0, 0.05) is 24.2 Å². The molecule has 1 aliphatic heterocycles. The molecule has 0 spiro atoms. The third-order valence-corrected chi connectivity index (χ3v) is 7.06. The molecule has 0 aliphatic carbocycles. The fourth-order valence-corrected chi connectivity index (χ4v) is 3.03. The number of alkyl halides is 2. The van der Waals surface area contributed by atoms with E-state index < -0.39 is 34.9 Å². The Bertz CT molecular complexity index is 1430. The average molecular weight is 620 g/mol. The van der Waals surface area contributed by atoms with Crippen molar-refractivity contribution in [2.45, 2.75) is 64.4 Å². The highest BCUT2D eigenvalue weighted by Gasteiger charge is 2.33. The number of carbonyl (C=O) groups is 4. The van der Waals surface area contributed by atoms with E-state index in [0.29, 0.717) is 11.1 Å². The number of pyridine rings is 2. The van der Waals surface area contributed by atoms with E-state index in [2.05, 4.69) is 20.0 Å². The molecule has 224 valence electrons. The number of nitrogens with one attached hydrogen (secondary N) is 1. The van der Waals surface area contributed by atoms with Crippen molar-refractivity contribution in [3.63, 3.8) is 0 Å². The molecule has 14 heteroatoms. The number of cyclic esters (lactones) is 2. The standard InChI is InChI=1S/C14H16ClN3O3.C8H4ClNO3.C6H12N2/c1-8(2)14(3,7-16)18-12(19)11-10(13(20)21)4-9(5-15)6-17-11;9-2-4-1-5-6(10-3-4)8(12)13-7(5)11;1-5(2)6(3,8)4-7/h4,6,8H,5H2,1-3H3,(H,18,19)(H,20,21);1,3H,2H2;5H,8H2,1-3H3. The molecule has 0 saturated heterocycles. The smallest absolute Gasteiger partial charge is 0.365 e. The zero-order chi connectivity index (χ0) is 32.4. The van der Waals surface area contributed by atoms with E-state index in [-0.39, 0.29) is 46.1 Å². The number of carbonyl (C=O) groups excluding carboxylic acids is 3. The fraction of sp³-hybridized carbons (Fsp3) is 0.429. The molecule has 0 bridgehead atoms. The minimum absolute atomic E-state index is 0.0684. The second-order valence-electron chi connectivity index (χ2n) is 10.2. The predicted octanol–water partition coefficient (Wildman–Crippen LogP) is 4.20. The molecular weight excluding hydrogens is 587 g/mol. The number of aromatic nitrogens is 2. The lowest BCUT2D eigenvalue weighted by Crippen LogP contribution is -2.49. The zero-order valence-corrected chi connectivity index (χ0v) is 25.5. The number of hydrogen-bond acceptors (Lipinski definition) is 10. The van der Waals surface area contributed by atoms with Crippen molar-refractivity contribution in [2.24, 2.45) is 17.6 Å². The van der Waals surface area contributed by atoms with Crippen LogP contribution >= 0.6 is 23.2 Å². The summed E-state index contributed by atoms with van der Waals surface area (Å²) in [5.74, 6) is -2.90. The summed E-state index contributed by atoms with van der Waals surface area (Å²) in [5, 5.41) is 29.3. The van der Waals surface area contributed by atoms with Crippen LogP contribution in [0.2, 0.25) is 0 Å². The molecule has 4 N–H and O–H groups in total. The van der Waals surface area contributed by atoms with Crippen molar-refractivity contribution >= 4 is 47.0 Å². The Morgan fingerprint density at radius 1 is 1.00 bits per heavy atom. The van der Waals surface area contributed by atoms with Crippen LogP contribution in [-0.2, 0) is 16.5 Å². The van der Waals surface area contributed by atoms with Crippen molar-refractivity contribution < 1.29 is 29.0 Å². The molecule has 42 heavy (non-hydrogen) atoms. The van der Waals surface area contributed by atoms with Crippen LogP contribution in [0.5, 0.6) is 0 Å². The Morgan fingerprint density at radius 3 is 1.98 bits per heavy atom. The Balaban J connectivity index is 0.000000355. The summed E-state index contributed by atoms with van der Waals surface area (Å²) in [5.41, 5.74) is 4.71. The summed E-state index contributed by atoms with van der Waals surface area (Å²) < 4.78 is 4.35. The molecule has 3 rings (SSSR count). The molecule has 2 aromatic heterocycles. The van der Waals surface area contributed by atoms with Crippen molar-refractivity contribution in [3.05, 3.63) is 58.2 Å². The number of nitrogens with two attached hydrogens (primary N) is 1. The lowest BCUT2D eigenvalue weighted by Gasteiger charge is -2.27. The number of halogens is 2. The maximum absolute atomic E-state index is 12.2. The summed E-state index contributed by atoms with van der Waals surface area (Å²) in [4.78, 5) is 53.1. The van der Waals surface area contributed by atoms with Crippen molar-refractivity contribution in [3.8, 4) is 12.1 Å². The molecule has 0 fully saturated rings. The molecule has 12 nitrogen and oxygen atoms in total. The molecule has 2 unspecified atom stereocenters. The molecular formula is C28H32Cl2N6O6. The Morgan fingerprint density at radius 2 is 1.55 bits per heavy atom. The molecule has 3 heterocycles. The van der Waals surface area contributed by atoms with Crippen molar-refractivity contribution in [2.75, 3.05) is 0 Å². The van der Waals surface area contributed by atoms with Gasteiger partial charge < -0.3 is 20.9 Å². The minimum atomic E-state index is -1.28. The van der Waals surface area contributed by atoms with Gasteiger partial charge in [0.25, 0.3) is 5.91 Å². The third-order valence-electron chi connectivity index (χ3n) is 6.44. The maximum atomic E-state index is 12.2. The fourth-order valence-electron chi connectivity index (χ4n) is 2.74. The lowest BCUT2D eigenvalue weighted by molar-refractivity contribution is 0.0440. The van der Waals surface area contributed by atoms with Gasteiger partial charge in [0.15, 0.2) is 5.69 Å². The summed E-state index contributed by atoms with van der Waals surface area (Å²) in [6.07, 6.45) is 2.79. The molecule has 2 aromatic rings. The first-order chi connectivity index (χ1) is 19.5. The van der Waals surface area contributed by atoms with Gasteiger partial charge in [-0.3, -0.25) is 4.79 Å². The number of ether oxygens (including phenoxy) is 1. The normalized spacial score (nSPS) is 14.4. The van der Waals surface area contributed by atoms with Gasteiger partial charge in [0.05, 0.1) is 23.3 Å². The van der Waals surface area contributed by atoms with Gasteiger partial charge in [-0.15, -0.1) is 23.2 Å². The van der Waals surface area contributed by atoms with Crippen LogP contribution in [0.25, 0.3) is 0 Å². The monoisotopic (exact) mass is 618 g/mol. The van der Waals surface area contributed by atoms with E-state index in [1.807, 2.05) is 26.0 Å². The summed E-state index contributed by atoms with van der Waals surface area (Å²) >= 11 is 11.2. The van der Waals surface area contributed by atoms with Crippen LogP contribution in [0.1, 0.15) is 94.4 Å². The number of rotatable bonds is 7. The first kappa shape index (κ1) is 35.9. The van der Waals surface area contributed by atoms with E-state index in [0.717, 1.165) is 0 Å². The predicted molar refractivity (Wildman–Crippen MR) is 154 cm³/mol. The topological polar surface area (TPSA) is 209 Å². The van der Waals surface area contributed by atoms with E-state index in [1.54, 1.807) is 27.7 Å². The Hall–Kier alpha value is -4.10. The number of nitriles is 2. The summed E-state index contributed by atoms with van der Waals surface area (Å²) in [6, 6.07) is 6.86. The molecule has 1 amide bonds. The van der Waals surface area contributed by atoms with Crippen LogP contribution in [0, 0.1) is 34.5 Å². The summed E-state index contributed by atoms with van der Waals surface area (Å²) in [7, 11) is 0. The molecule has 1 aliphatic rings. The first-order valence-corrected chi connectivity index (χ1v) is 13.6. The molecule has 0 radical (unpaired) electrons. The van der Waals surface area contributed by atoms with Crippen LogP contribution < -0.4 is 11.1 Å². The number of nitrogens with zero attached hydrogens (tertiary/aromatic N) is 4. The third kappa shape index (κ3) is 9.21. The number of hydrogen-bond donors (Lipinski definition) is 3. The van der Waals surface area contributed by atoms with Gasteiger partial charge in [-0.1, -0.05) is 27.7 Å². The van der Waals surface area contributed by atoms with E-state index in [9.17, 15) is 29.5 Å². The SMILES string of the molecule is CC(C)C(C)(C#N)NC(=O)c1ncc(CCl)cc1C(=O)O.CC(C)C(C)(N)C#N.O=C1OC(=O)c2ncc(CCl)cc21. The largest absolute Gasteiger partial charge is 0.478 e. The zero-order valence-electron chi connectivity index (χ0n) is 24.0. The second kappa shape index (κ2) is 15.2. The van der Waals surface area contributed by atoms with Crippen LogP contribution in [-0.4, -0.2) is 50.0 Å². The van der Waals surface area contributed by atoms with Gasteiger partial charge in [-0.05, 0) is 48.9 Å². The minimum Gasteiger partial charge on any atom is -0.478 e. The highest BCUT2D eigenvalue weighted by molar-refractivity contribution is 6.18. The lowest BCUT2D eigenvalue weighted by atomic mass is 9.90. The number of esters is 2. The van der Waals surface area contributed by atoms with Crippen LogP contribution in [0.3, 0.4) is 0 Å². The quantitative estimate of drug-likeness (QED) is 0.227. The maximum Gasteiger partial charge on any atom is 0.365 e. The number of aromatic carboxylic acids is 1. The Kier molecular flexibility index (Phi) is 13.0.